The predicted molar refractivity (Wildman–Crippen MR) is 73.4 cm³/mol. The fourth-order valence-electron chi connectivity index (χ4n) is 2.13. The number of nitrogens with zero attached hydrogens (tertiary/aromatic N) is 1. The van der Waals surface area contributed by atoms with Gasteiger partial charge in [0.2, 0.25) is 5.91 Å². The van der Waals surface area contributed by atoms with Crippen molar-refractivity contribution in [3.05, 3.63) is 29.3 Å². The van der Waals surface area contributed by atoms with Crippen molar-refractivity contribution >= 4 is 17.5 Å². The van der Waals surface area contributed by atoms with E-state index in [2.05, 4.69) is 0 Å². The second-order valence-corrected chi connectivity index (χ2v) is 5.50. The largest absolute Gasteiger partial charge is 0.491 e. The number of para-hydroxylation sites is 1. The van der Waals surface area contributed by atoms with Crippen molar-refractivity contribution in [2.24, 2.45) is 0 Å². The van der Waals surface area contributed by atoms with Gasteiger partial charge in [-0.05, 0) is 25.5 Å². The summed E-state index contributed by atoms with van der Waals surface area (Å²) in [6.45, 7) is 3.05. The summed E-state index contributed by atoms with van der Waals surface area (Å²) in [6, 6.07) is 7.18. The molecular weight excluding hydrogens is 266 g/mol. The summed E-state index contributed by atoms with van der Waals surface area (Å²) in [6.07, 6.45) is 0.922. The van der Waals surface area contributed by atoms with Crippen molar-refractivity contribution in [1.82, 2.24) is 4.90 Å². The monoisotopic (exact) mass is 283 g/mol. The van der Waals surface area contributed by atoms with Crippen LogP contribution in [0.2, 0.25) is 5.02 Å². The highest BCUT2D eigenvalue weighted by Crippen LogP contribution is 2.24. The van der Waals surface area contributed by atoms with E-state index in [0.29, 0.717) is 43.3 Å². The summed E-state index contributed by atoms with van der Waals surface area (Å²) >= 11 is 5.95. The van der Waals surface area contributed by atoms with Crippen LogP contribution in [0, 0.1) is 0 Å². The standard InChI is InChI=1S/C14H18ClNO3/c1-14(18)7-8-16(10-14)13(17)6-9-19-12-5-3-2-4-11(12)15/h2-5,18H,6-10H2,1H3. The number of carbonyl (C=O) groups excluding carboxylic acids is 1. The SMILES string of the molecule is CC1(O)CCN(C(=O)CCOc2ccccc2Cl)C1. The van der Waals surface area contributed by atoms with E-state index in [9.17, 15) is 9.90 Å². The highest BCUT2D eigenvalue weighted by molar-refractivity contribution is 6.32. The molecule has 1 aromatic rings. The Morgan fingerprint density at radius 1 is 1.53 bits per heavy atom. The van der Waals surface area contributed by atoms with E-state index in [1.807, 2.05) is 12.1 Å². The molecule has 1 fully saturated rings. The zero-order valence-corrected chi connectivity index (χ0v) is 11.7. The highest BCUT2D eigenvalue weighted by atomic mass is 35.5. The van der Waals surface area contributed by atoms with Gasteiger partial charge in [-0.15, -0.1) is 0 Å². The first kappa shape index (κ1) is 14.2. The lowest BCUT2D eigenvalue weighted by Gasteiger charge is -2.19. The first-order chi connectivity index (χ1) is 8.98. The number of hydrogen-bond acceptors (Lipinski definition) is 3. The van der Waals surface area contributed by atoms with Crippen molar-refractivity contribution in [3.63, 3.8) is 0 Å². The second kappa shape index (κ2) is 5.80. The molecule has 4 nitrogen and oxygen atoms in total. The minimum Gasteiger partial charge on any atom is -0.491 e. The van der Waals surface area contributed by atoms with Gasteiger partial charge >= 0.3 is 0 Å². The third-order valence-electron chi connectivity index (χ3n) is 3.21. The molecule has 0 saturated carbocycles. The smallest absolute Gasteiger partial charge is 0.226 e. The summed E-state index contributed by atoms with van der Waals surface area (Å²) < 4.78 is 5.48. The van der Waals surface area contributed by atoms with Gasteiger partial charge < -0.3 is 14.7 Å². The molecule has 1 N–H and O–H groups in total. The molecule has 0 aliphatic carbocycles. The van der Waals surface area contributed by atoms with Gasteiger partial charge in [0.25, 0.3) is 0 Å². The molecule has 1 unspecified atom stereocenters. The number of likely N-dealkylation sites (tertiary alicyclic amines) is 1. The van der Waals surface area contributed by atoms with E-state index in [-0.39, 0.29) is 5.91 Å². The maximum absolute atomic E-state index is 11.9. The third kappa shape index (κ3) is 3.85. The zero-order valence-electron chi connectivity index (χ0n) is 10.9. The Kier molecular flexibility index (Phi) is 4.32. The van der Waals surface area contributed by atoms with Crippen molar-refractivity contribution in [1.29, 1.82) is 0 Å². The molecule has 1 amide bonds. The van der Waals surface area contributed by atoms with Gasteiger partial charge in [-0.1, -0.05) is 23.7 Å². The molecule has 1 atom stereocenters. The molecular formula is C14H18ClNO3. The number of halogens is 1. The number of carbonyl (C=O) groups is 1. The molecule has 19 heavy (non-hydrogen) atoms. The molecule has 0 bridgehead atoms. The van der Waals surface area contributed by atoms with Crippen LogP contribution in [-0.2, 0) is 4.79 Å². The van der Waals surface area contributed by atoms with Gasteiger partial charge in [0.1, 0.15) is 5.75 Å². The maximum atomic E-state index is 11.9. The Labute approximate surface area is 117 Å². The van der Waals surface area contributed by atoms with E-state index < -0.39 is 5.60 Å². The van der Waals surface area contributed by atoms with Crippen LogP contribution in [0.25, 0.3) is 0 Å². The van der Waals surface area contributed by atoms with Crippen molar-refractivity contribution in [2.45, 2.75) is 25.4 Å². The minimum absolute atomic E-state index is 0.00447. The Morgan fingerprint density at radius 3 is 2.89 bits per heavy atom. The van der Waals surface area contributed by atoms with Crippen LogP contribution in [0.5, 0.6) is 5.75 Å². The minimum atomic E-state index is -0.751. The molecule has 1 aromatic carbocycles. The van der Waals surface area contributed by atoms with Gasteiger partial charge in [-0.25, -0.2) is 0 Å². The number of amides is 1. The van der Waals surface area contributed by atoms with Crippen LogP contribution in [0.1, 0.15) is 19.8 Å². The van der Waals surface area contributed by atoms with Gasteiger partial charge in [0.15, 0.2) is 0 Å². The van der Waals surface area contributed by atoms with E-state index in [1.165, 1.54) is 0 Å². The van der Waals surface area contributed by atoms with Crippen LogP contribution in [-0.4, -0.2) is 41.2 Å². The molecule has 1 aliphatic heterocycles. The van der Waals surface area contributed by atoms with E-state index >= 15 is 0 Å². The average Bonchev–Trinajstić information content (AvgIpc) is 2.72. The topological polar surface area (TPSA) is 49.8 Å². The zero-order chi connectivity index (χ0) is 13.9. The van der Waals surface area contributed by atoms with Crippen LogP contribution in [0.15, 0.2) is 24.3 Å². The van der Waals surface area contributed by atoms with Crippen molar-refractivity contribution < 1.29 is 14.6 Å². The number of hydrogen-bond donors (Lipinski definition) is 1. The molecule has 0 radical (unpaired) electrons. The number of rotatable bonds is 4. The maximum Gasteiger partial charge on any atom is 0.226 e. The number of aliphatic hydroxyl groups is 1. The molecule has 0 aromatic heterocycles. The van der Waals surface area contributed by atoms with E-state index in [1.54, 1.807) is 24.0 Å². The quantitative estimate of drug-likeness (QED) is 0.920. The van der Waals surface area contributed by atoms with Gasteiger partial charge in [0.05, 0.1) is 23.7 Å². The molecule has 104 valence electrons. The average molecular weight is 284 g/mol. The molecule has 1 heterocycles. The number of benzene rings is 1. The highest BCUT2D eigenvalue weighted by Gasteiger charge is 2.33. The summed E-state index contributed by atoms with van der Waals surface area (Å²) in [4.78, 5) is 13.6. The first-order valence-corrected chi connectivity index (χ1v) is 6.73. The van der Waals surface area contributed by atoms with Crippen LogP contribution in [0.3, 0.4) is 0 Å². The predicted octanol–water partition coefficient (Wildman–Crippen LogP) is 2.09. The first-order valence-electron chi connectivity index (χ1n) is 6.35. The summed E-state index contributed by atoms with van der Waals surface area (Å²) in [5, 5.41) is 10.4. The second-order valence-electron chi connectivity index (χ2n) is 5.09. The summed E-state index contributed by atoms with van der Waals surface area (Å²) in [5.41, 5.74) is -0.751. The molecule has 0 spiro atoms. The molecule has 1 aliphatic rings. The fraction of sp³-hybridized carbons (Fsp3) is 0.500. The Morgan fingerprint density at radius 2 is 2.26 bits per heavy atom. The van der Waals surface area contributed by atoms with Gasteiger partial charge in [0, 0.05) is 13.1 Å². The third-order valence-corrected chi connectivity index (χ3v) is 3.53. The molecule has 1 saturated heterocycles. The fourth-order valence-corrected chi connectivity index (χ4v) is 2.32. The Balaban J connectivity index is 1.77. The molecule has 5 heteroatoms. The number of β-amino-alcohol motifs (C(OH)–C–C–N with tert-alkyl or cyclic N) is 1. The van der Waals surface area contributed by atoms with E-state index in [4.69, 9.17) is 16.3 Å². The van der Waals surface area contributed by atoms with Crippen LogP contribution >= 0.6 is 11.6 Å². The van der Waals surface area contributed by atoms with Gasteiger partial charge in [-0.2, -0.15) is 0 Å². The van der Waals surface area contributed by atoms with Crippen LogP contribution < -0.4 is 4.74 Å². The lowest BCUT2D eigenvalue weighted by atomic mass is 10.1. The van der Waals surface area contributed by atoms with E-state index in [0.717, 1.165) is 0 Å². The van der Waals surface area contributed by atoms with Crippen molar-refractivity contribution in [3.8, 4) is 5.75 Å². The molecule has 2 rings (SSSR count). The Hall–Kier alpha value is -1.26. The lowest BCUT2D eigenvalue weighted by molar-refractivity contribution is -0.131. The normalized spacial score (nSPS) is 22.6. The Bertz CT molecular complexity index is 462. The van der Waals surface area contributed by atoms with Gasteiger partial charge in [-0.3, -0.25) is 4.79 Å². The lowest BCUT2D eigenvalue weighted by Crippen LogP contribution is -2.34. The summed E-state index contributed by atoms with van der Waals surface area (Å²) in [5.74, 6) is 0.593. The number of ether oxygens (including phenoxy) is 1. The summed E-state index contributed by atoms with van der Waals surface area (Å²) in [7, 11) is 0. The van der Waals surface area contributed by atoms with Crippen molar-refractivity contribution in [2.75, 3.05) is 19.7 Å². The van der Waals surface area contributed by atoms with Crippen LogP contribution in [0.4, 0.5) is 0 Å².